The molecule has 0 aromatic heterocycles. The minimum absolute atomic E-state index is 0.0618. The molecule has 4 nitrogen and oxygen atoms in total. The Labute approximate surface area is 147 Å². The molecular weight excluding hydrogens is 359 g/mol. The Balaban J connectivity index is 2.05. The van der Waals surface area contributed by atoms with E-state index in [9.17, 15) is 18.0 Å². The number of carbonyl (C=O) groups is 1. The van der Waals surface area contributed by atoms with Crippen molar-refractivity contribution >= 4 is 17.6 Å². The van der Waals surface area contributed by atoms with E-state index in [1.807, 2.05) is 6.07 Å². The molecule has 0 amide bonds. The van der Waals surface area contributed by atoms with E-state index in [4.69, 9.17) is 16.3 Å². The van der Waals surface area contributed by atoms with Crippen molar-refractivity contribution in [2.75, 3.05) is 13.7 Å². The molecule has 0 aliphatic rings. The van der Waals surface area contributed by atoms with Crippen LogP contribution in [0.1, 0.15) is 11.1 Å². The highest BCUT2D eigenvalue weighted by Gasteiger charge is 2.31. The van der Waals surface area contributed by atoms with Gasteiger partial charge in [-0.1, -0.05) is 23.7 Å². The molecule has 0 spiro atoms. The number of halogens is 4. The van der Waals surface area contributed by atoms with Crippen LogP contribution in [0.25, 0.3) is 0 Å². The van der Waals surface area contributed by atoms with Gasteiger partial charge in [-0.05, 0) is 35.9 Å². The van der Waals surface area contributed by atoms with Gasteiger partial charge in [0.1, 0.15) is 11.5 Å². The number of carbonyl (C=O) groups excluding carboxylic acids is 1. The molecule has 0 aliphatic heterocycles. The molecule has 2 rings (SSSR count). The Morgan fingerprint density at radius 2 is 1.96 bits per heavy atom. The molecule has 0 saturated carbocycles. The minimum Gasteiger partial charge on any atom is -0.468 e. The number of nitrogens with one attached hydrogen (secondary N) is 1. The highest BCUT2D eigenvalue weighted by Crippen LogP contribution is 2.36. The van der Waals surface area contributed by atoms with Crippen LogP contribution in [0, 0.1) is 0 Å². The second-order valence-corrected chi connectivity index (χ2v) is 5.48. The van der Waals surface area contributed by atoms with Gasteiger partial charge in [0.2, 0.25) is 0 Å². The molecule has 0 bridgehead atoms. The molecule has 2 aromatic carbocycles. The molecule has 1 N–H and O–H groups in total. The average Bonchev–Trinajstić information content (AvgIpc) is 2.56. The van der Waals surface area contributed by atoms with Crippen molar-refractivity contribution in [1.29, 1.82) is 0 Å². The summed E-state index contributed by atoms with van der Waals surface area (Å²) in [4.78, 5) is 11.0. The van der Waals surface area contributed by atoms with Crippen LogP contribution in [0.4, 0.5) is 13.2 Å². The van der Waals surface area contributed by atoms with Gasteiger partial charge in [-0.25, -0.2) is 0 Å². The molecule has 2 aromatic rings. The maximum atomic E-state index is 12.6. The topological polar surface area (TPSA) is 47.6 Å². The zero-order valence-corrected chi connectivity index (χ0v) is 13.9. The van der Waals surface area contributed by atoms with Gasteiger partial charge in [-0.15, -0.1) is 0 Å². The summed E-state index contributed by atoms with van der Waals surface area (Å²) in [5.74, 6) is 0.150. The first-order chi connectivity index (χ1) is 11.8. The number of ether oxygens (including phenoxy) is 2. The number of alkyl halides is 3. The van der Waals surface area contributed by atoms with E-state index >= 15 is 0 Å². The standard InChI is InChI=1S/C17H15ClF3NO3/c1-24-16(23)10-22-9-11-3-2-4-13(7-11)25-15-6-5-12(8-14(15)18)17(19,20)21/h2-8,22H,9-10H2,1H3. The Morgan fingerprint density at radius 1 is 1.20 bits per heavy atom. The fourth-order valence-corrected chi connectivity index (χ4v) is 2.21. The summed E-state index contributed by atoms with van der Waals surface area (Å²) >= 11 is 5.87. The van der Waals surface area contributed by atoms with Crippen molar-refractivity contribution in [2.24, 2.45) is 0 Å². The van der Waals surface area contributed by atoms with E-state index in [0.717, 1.165) is 17.7 Å². The summed E-state index contributed by atoms with van der Waals surface area (Å²) in [7, 11) is 1.30. The van der Waals surface area contributed by atoms with E-state index < -0.39 is 11.7 Å². The number of hydrogen-bond donors (Lipinski definition) is 1. The summed E-state index contributed by atoms with van der Waals surface area (Å²) < 4.78 is 48.0. The number of rotatable bonds is 6. The van der Waals surface area contributed by atoms with Crippen molar-refractivity contribution in [3.63, 3.8) is 0 Å². The quantitative estimate of drug-likeness (QED) is 0.762. The second kappa shape index (κ2) is 8.22. The zero-order chi connectivity index (χ0) is 18.4. The Morgan fingerprint density at radius 3 is 2.60 bits per heavy atom. The van der Waals surface area contributed by atoms with Gasteiger partial charge in [-0.3, -0.25) is 4.79 Å². The maximum absolute atomic E-state index is 12.6. The smallest absolute Gasteiger partial charge is 0.416 e. The first kappa shape index (κ1) is 19.1. The molecule has 8 heteroatoms. The highest BCUT2D eigenvalue weighted by atomic mass is 35.5. The predicted octanol–water partition coefficient (Wildman–Crippen LogP) is 4.41. The molecule has 0 saturated heterocycles. The molecule has 0 heterocycles. The van der Waals surface area contributed by atoms with Crippen molar-refractivity contribution in [3.05, 3.63) is 58.6 Å². The molecule has 134 valence electrons. The highest BCUT2D eigenvalue weighted by molar-refractivity contribution is 6.32. The summed E-state index contributed by atoms with van der Waals surface area (Å²) in [6, 6.07) is 9.78. The summed E-state index contributed by atoms with van der Waals surface area (Å²) in [6.45, 7) is 0.458. The first-order valence-corrected chi connectivity index (χ1v) is 7.58. The second-order valence-electron chi connectivity index (χ2n) is 5.07. The number of hydrogen-bond acceptors (Lipinski definition) is 4. The van der Waals surface area contributed by atoms with Crippen LogP contribution in [0.5, 0.6) is 11.5 Å². The predicted molar refractivity (Wildman–Crippen MR) is 86.7 cm³/mol. The van der Waals surface area contributed by atoms with Crippen molar-refractivity contribution in [1.82, 2.24) is 5.32 Å². The molecule has 0 aliphatic carbocycles. The van der Waals surface area contributed by atoms with Crippen LogP contribution < -0.4 is 10.1 Å². The van der Waals surface area contributed by atoms with Gasteiger partial charge in [0.15, 0.2) is 0 Å². The van der Waals surface area contributed by atoms with E-state index in [-0.39, 0.29) is 23.3 Å². The number of methoxy groups -OCH3 is 1. The van der Waals surface area contributed by atoms with Crippen molar-refractivity contribution < 1.29 is 27.4 Å². The molecule has 0 unspecified atom stereocenters. The fraction of sp³-hybridized carbons (Fsp3) is 0.235. The summed E-state index contributed by atoms with van der Waals surface area (Å²) in [5, 5.41) is 2.76. The third-order valence-electron chi connectivity index (χ3n) is 3.21. The molecule has 0 fully saturated rings. The molecule has 25 heavy (non-hydrogen) atoms. The third kappa shape index (κ3) is 5.65. The summed E-state index contributed by atoms with van der Waals surface area (Å²) in [6.07, 6.45) is -4.46. The lowest BCUT2D eigenvalue weighted by atomic mass is 10.2. The maximum Gasteiger partial charge on any atom is 0.416 e. The lowest BCUT2D eigenvalue weighted by molar-refractivity contribution is -0.139. The first-order valence-electron chi connectivity index (χ1n) is 7.20. The Bertz CT molecular complexity index is 750. The fourth-order valence-electron chi connectivity index (χ4n) is 1.99. The van der Waals surface area contributed by atoms with Crippen LogP contribution in [-0.4, -0.2) is 19.6 Å². The van der Waals surface area contributed by atoms with Crippen LogP contribution >= 0.6 is 11.6 Å². The normalized spacial score (nSPS) is 11.2. The third-order valence-corrected chi connectivity index (χ3v) is 3.51. The zero-order valence-electron chi connectivity index (χ0n) is 13.2. The monoisotopic (exact) mass is 373 g/mol. The van der Waals surface area contributed by atoms with Crippen LogP contribution in [0.3, 0.4) is 0 Å². The SMILES string of the molecule is COC(=O)CNCc1cccc(Oc2ccc(C(F)(F)F)cc2Cl)c1. The van der Waals surface area contributed by atoms with Crippen molar-refractivity contribution in [2.45, 2.75) is 12.7 Å². The van der Waals surface area contributed by atoms with Gasteiger partial charge < -0.3 is 14.8 Å². The largest absolute Gasteiger partial charge is 0.468 e. The Kier molecular flexibility index (Phi) is 6.27. The molecule has 0 atom stereocenters. The lowest BCUT2D eigenvalue weighted by Gasteiger charge is -2.12. The van der Waals surface area contributed by atoms with Crippen LogP contribution in [0.2, 0.25) is 5.02 Å². The number of benzene rings is 2. The summed E-state index contributed by atoms with van der Waals surface area (Å²) in [5.41, 5.74) is -0.0185. The van der Waals surface area contributed by atoms with E-state index in [1.165, 1.54) is 13.2 Å². The van der Waals surface area contributed by atoms with E-state index in [1.54, 1.807) is 18.2 Å². The van der Waals surface area contributed by atoms with Crippen LogP contribution in [-0.2, 0) is 22.3 Å². The van der Waals surface area contributed by atoms with Crippen LogP contribution in [0.15, 0.2) is 42.5 Å². The van der Waals surface area contributed by atoms with Gasteiger partial charge in [0.05, 0.1) is 24.2 Å². The average molecular weight is 374 g/mol. The van der Waals surface area contributed by atoms with Gasteiger partial charge in [0, 0.05) is 6.54 Å². The minimum atomic E-state index is -4.46. The van der Waals surface area contributed by atoms with E-state index in [0.29, 0.717) is 12.3 Å². The van der Waals surface area contributed by atoms with E-state index in [2.05, 4.69) is 10.1 Å². The van der Waals surface area contributed by atoms with Gasteiger partial charge in [0.25, 0.3) is 0 Å². The van der Waals surface area contributed by atoms with Crippen molar-refractivity contribution in [3.8, 4) is 11.5 Å². The molecular formula is C17H15ClF3NO3. The lowest BCUT2D eigenvalue weighted by Crippen LogP contribution is -2.23. The van der Waals surface area contributed by atoms with Gasteiger partial charge >= 0.3 is 12.1 Å². The Hall–Kier alpha value is -2.25. The number of esters is 1. The molecule has 0 radical (unpaired) electrons. The van der Waals surface area contributed by atoms with Gasteiger partial charge in [-0.2, -0.15) is 13.2 Å².